The highest BCUT2D eigenvalue weighted by atomic mass is 32.2. The van der Waals surface area contributed by atoms with Gasteiger partial charge in [-0.25, -0.2) is 0 Å². The summed E-state index contributed by atoms with van der Waals surface area (Å²) in [6.07, 6.45) is 3.73. The summed E-state index contributed by atoms with van der Waals surface area (Å²) >= 11 is -0.0387. The number of alkyl halides is 3. The summed E-state index contributed by atoms with van der Waals surface area (Å²) in [5.74, 6) is 0.652. The van der Waals surface area contributed by atoms with E-state index in [-0.39, 0.29) is 16.7 Å². The van der Waals surface area contributed by atoms with Crippen molar-refractivity contribution in [2.75, 3.05) is 26.2 Å². The first kappa shape index (κ1) is 16.1. The molecule has 0 radical (unpaired) electrons. The molecule has 1 atom stereocenters. The molecule has 22 heavy (non-hydrogen) atoms. The number of nitrogens with zero attached hydrogens (tertiary/aromatic N) is 1. The highest BCUT2D eigenvalue weighted by Gasteiger charge is 2.34. The van der Waals surface area contributed by atoms with Gasteiger partial charge in [0.25, 0.3) is 0 Å². The zero-order chi connectivity index (χ0) is 15.6. The van der Waals surface area contributed by atoms with Gasteiger partial charge in [-0.05, 0) is 48.2 Å². The maximum atomic E-state index is 12.4. The molecule has 2 nitrogen and oxygen atoms in total. The Morgan fingerprint density at radius 1 is 1.09 bits per heavy atom. The van der Waals surface area contributed by atoms with Gasteiger partial charge in [-0.3, -0.25) is 4.90 Å². The molecule has 1 saturated heterocycles. The van der Waals surface area contributed by atoms with Crippen LogP contribution in [0, 0.1) is 5.92 Å². The van der Waals surface area contributed by atoms with E-state index in [1.807, 2.05) is 12.1 Å². The number of piperazine rings is 1. The first-order valence-electron chi connectivity index (χ1n) is 7.83. The SMILES string of the molecule is FC(F)(F)Sc1ccc([C@@H](C2CCC2)N2CCNCC2)cc1. The second-order valence-electron chi connectivity index (χ2n) is 6.04. The highest BCUT2D eigenvalue weighted by Crippen LogP contribution is 2.42. The van der Waals surface area contributed by atoms with E-state index in [1.54, 1.807) is 12.1 Å². The van der Waals surface area contributed by atoms with Crippen molar-refractivity contribution in [3.8, 4) is 0 Å². The normalized spacial score (nSPS) is 22.3. The van der Waals surface area contributed by atoms with Crippen LogP contribution in [-0.2, 0) is 0 Å². The number of hydrogen-bond donors (Lipinski definition) is 1. The minimum Gasteiger partial charge on any atom is -0.314 e. The van der Waals surface area contributed by atoms with Gasteiger partial charge < -0.3 is 5.32 Å². The summed E-state index contributed by atoms with van der Waals surface area (Å²) < 4.78 is 37.3. The predicted molar refractivity (Wildman–Crippen MR) is 82.9 cm³/mol. The van der Waals surface area contributed by atoms with E-state index in [0.717, 1.165) is 31.7 Å². The second-order valence-corrected chi connectivity index (χ2v) is 7.18. The Bertz CT molecular complexity index is 479. The Morgan fingerprint density at radius 3 is 2.23 bits per heavy atom. The van der Waals surface area contributed by atoms with Gasteiger partial charge in [-0.2, -0.15) is 13.2 Å². The summed E-state index contributed by atoms with van der Waals surface area (Å²) in [4.78, 5) is 2.76. The Hall–Kier alpha value is -0.720. The van der Waals surface area contributed by atoms with Crippen molar-refractivity contribution >= 4 is 11.8 Å². The molecule has 122 valence electrons. The molecule has 0 bridgehead atoms. The third-order valence-electron chi connectivity index (χ3n) is 4.60. The van der Waals surface area contributed by atoms with Gasteiger partial charge in [0.15, 0.2) is 0 Å². The van der Waals surface area contributed by atoms with Crippen molar-refractivity contribution in [1.29, 1.82) is 0 Å². The van der Waals surface area contributed by atoms with Gasteiger partial charge in [-0.15, -0.1) is 0 Å². The molecule has 0 aromatic heterocycles. The zero-order valence-electron chi connectivity index (χ0n) is 12.4. The predicted octanol–water partition coefficient (Wildman–Crippen LogP) is 4.04. The smallest absolute Gasteiger partial charge is 0.314 e. The van der Waals surface area contributed by atoms with Crippen molar-refractivity contribution in [3.05, 3.63) is 29.8 Å². The quantitative estimate of drug-likeness (QED) is 0.839. The number of thioether (sulfide) groups is 1. The molecule has 1 heterocycles. The first-order chi connectivity index (χ1) is 10.5. The maximum absolute atomic E-state index is 12.4. The molecule has 0 spiro atoms. The maximum Gasteiger partial charge on any atom is 0.446 e. The third-order valence-corrected chi connectivity index (χ3v) is 5.34. The number of benzene rings is 1. The standard InChI is InChI=1S/C16H21F3N2S/c17-16(18,19)22-14-6-4-13(5-7-14)15(12-2-1-3-12)21-10-8-20-9-11-21/h4-7,12,15,20H,1-3,8-11H2/t15-/m1/s1. The Morgan fingerprint density at radius 2 is 1.73 bits per heavy atom. The molecule has 6 heteroatoms. The molecule has 2 aliphatic rings. The van der Waals surface area contributed by atoms with E-state index in [2.05, 4.69) is 10.2 Å². The molecule has 1 aromatic carbocycles. The monoisotopic (exact) mass is 330 g/mol. The van der Waals surface area contributed by atoms with Crippen LogP contribution in [0.3, 0.4) is 0 Å². The Balaban J connectivity index is 1.75. The summed E-state index contributed by atoms with van der Waals surface area (Å²) in [6.45, 7) is 4.01. The van der Waals surface area contributed by atoms with Crippen LogP contribution in [0.2, 0.25) is 0 Å². The van der Waals surface area contributed by atoms with Crippen LogP contribution >= 0.6 is 11.8 Å². The Kier molecular flexibility index (Phi) is 5.00. The average Bonchev–Trinajstić information content (AvgIpc) is 2.43. The Labute approximate surface area is 133 Å². The molecule has 0 amide bonds. The lowest BCUT2D eigenvalue weighted by Crippen LogP contribution is -2.47. The molecule has 0 unspecified atom stereocenters. The van der Waals surface area contributed by atoms with Crippen LogP contribution in [0.25, 0.3) is 0 Å². The van der Waals surface area contributed by atoms with E-state index < -0.39 is 5.51 Å². The molecule has 1 N–H and O–H groups in total. The molecule has 1 saturated carbocycles. The minimum absolute atomic E-state index is 0.0387. The fourth-order valence-corrected chi connectivity index (χ4v) is 3.90. The van der Waals surface area contributed by atoms with Crippen molar-refractivity contribution in [2.45, 2.75) is 35.7 Å². The number of nitrogens with one attached hydrogen (secondary N) is 1. The first-order valence-corrected chi connectivity index (χ1v) is 8.65. The van der Waals surface area contributed by atoms with E-state index in [0.29, 0.717) is 12.0 Å². The topological polar surface area (TPSA) is 15.3 Å². The summed E-state index contributed by atoms with van der Waals surface area (Å²) in [6, 6.07) is 7.36. The van der Waals surface area contributed by atoms with Gasteiger partial charge in [0.2, 0.25) is 0 Å². The van der Waals surface area contributed by atoms with Gasteiger partial charge >= 0.3 is 5.51 Å². The van der Waals surface area contributed by atoms with Crippen LogP contribution in [0.5, 0.6) is 0 Å². The number of rotatable bonds is 4. The van der Waals surface area contributed by atoms with Gasteiger partial charge in [0, 0.05) is 37.1 Å². The van der Waals surface area contributed by atoms with Crippen LogP contribution in [0.1, 0.15) is 30.9 Å². The van der Waals surface area contributed by atoms with Crippen LogP contribution in [0.15, 0.2) is 29.2 Å². The fourth-order valence-electron chi connectivity index (χ4n) is 3.36. The van der Waals surface area contributed by atoms with Gasteiger partial charge in [0.05, 0.1) is 0 Å². The lowest BCUT2D eigenvalue weighted by Gasteiger charge is -2.43. The van der Waals surface area contributed by atoms with E-state index >= 15 is 0 Å². The minimum atomic E-state index is -4.21. The molecular formula is C16H21F3N2S. The van der Waals surface area contributed by atoms with Crippen molar-refractivity contribution < 1.29 is 13.2 Å². The molecule has 2 fully saturated rings. The lowest BCUT2D eigenvalue weighted by atomic mass is 9.76. The van der Waals surface area contributed by atoms with E-state index in [1.165, 1.54) is 19.3 Å². The summed E-state index contributed by atoms with van der Waals surface area (Å²) in [5, 5.41) is 3.36. The summed E-state index contributed by atoms with van der Waals surface area (Å²) in [5.41, 5.74) is -3.05. The molecular weight excluding hydrogens is 309 g/mol. The molecule has 1 aliphatic heterocycles. The average molecular weight is 330 g/mol. The van der Waals surface area contributed by atoms with Crippen LogP contribution in [-0.4, -0.2) is 36.6 Å². The highest BCUT2D eigenvalue weighted by molar-refractivity contribution is 8.00. The molecule has 1 aliphatic carbocycles. The summed E-state index contributed by atoms with van der Waals surface area (Å²) in [7, 11) is 0. The zero-order valence-corrected chi connectivity index (χ0v) is 13.2. The third kappa shape index (κ3) is 3.97. The van der Waals surface area contributed by atoms with Gasteiger partial charge in [0.1, 0.15) is 0 Å². The van der Waals surface area contributed by atoms with Crippen LogP contribution in [0.4, 0.5) is 13.2 Å². The van der Waals surface area contributed by atoms with Gasteiger partial charge in [-0.1, -0.05) is 18.6 Å². The second kappa shape index (κ2) is 6.81. The van der Waals surface area contributed by atoms with Crippen LogP contribution < -0.4 is 5.32 Å². The largest absolute Gasteiger partial charge is 0.446 e. The lowest BCUT2D eigenvalue weighted by molar-refractivity contribution is -0.0328. The number of halogens is 3. The molecule has 1 aromatic rings. The van der Waals surface area contributed by atoms with Crippen molar-refractivity contribution in [2.24, 2.45) is 5.92 Å². The fraction of sp³-hybridized carbons (Fsp3) is 0.625. The van der Waals surface area contributed by atoms with Crippen molar-refractivity contribution in [1.82, 2.24) is 10.2 Å². The number of hydrogen-bond acceptors (Lipinski definition) is 3. The van der Waals surface area contributed by atoms with E-state index in [9.17, 15) is 13.2 Å². The van der Waals surface area contributed by atoms with E-state index in [4.69, 9.17) is 0 Å². The van der Waals surface area contributed by atoms with Crippen molar-refractivity contribution in [3.63, 3.8) is 0 Å². The molecule has 3 rings (SSSR count).